The molecular weight excluding hydrogens is 314 g/mol. The van der Waals surface area contributed by atoms with Gasteiger partial charge in [-0.1, -0.05) is 0 Å². The van der Waals surface area contributed by atoms with Gasteiger partial charge in [0.1, 0.15) is 17.2 Å². The maximum absolute atomic E-state index is 12.7. The lowest BCUT2D eigenvalue weighted by molar-refractivity contribution is -0.141. The zero-order valence-electron chi connectivity index (χ0n) is 10.9. The van der Waals surface area contributed by atoms with Gasteiger partial charge in [-0.15, -0.1) is 28.2 Å². The van der Waals surface area contributed by atoms with Gasteiger partial charge in [0, 0.05) is 5.75 Å². The fraction of sp³-hybridized carbons (Fsp3) is 0.364. The standard InChI is InChI=1S/C11H11N5O3S2/c1-6-16(8(4-21-6)11(18)19)10(17)9-7(2-3-20-9)15-5-12-13-14-15/h2-3,5-6,8H,4H2,1H3,(H,18,19). The van der Waals surface area contributed by atoms with Gasteiger partial charge in [0.05, 0.1) is 11.1 Å². The molecule has 3 heterocycles. The number of rotatable bonds is 3. The summed E-state index contributed by atoms with van der Waals surface area (Å²) >= 11 is 2.70. The molecule has 0 spiro atoms. The lowest BCUT2D eigenvalue weighted by Gasteiger charge is -2.24. The van der Waals surface area contributed by atoms with Crippen molar-refractivity contribution >= 4 is 35.0 Å². The van der Waals surface area contributed by atoms with Gasteiger partial charge in [-0.2, -0.15) is 4.68 Å². The number of amides is 1. The monoisotopic (exact) mass is 325 g/mol. The second-order valence-corrected chi connectivity index (χ2v) is 6.65. The average Bonchev–Trinajstić information content (AvgIpc) is 3.17. The van der Waals surface area contributed by atoms with Crippen LogP contribution in [0.4, 0.5) is 0 Å². The first-order valence-electron chi connectivity index (χ1n) is 6.07. The highest BCUT2D eigenvalue weighted by molar-refractivity contribution is 8.00. The van der Waals surface area contributed by atoms with E-state index in [0.717, 1.165) is 0 Å². The molecule has 110 valence electrons. The second-order valence-electron chi connectivity index (χ2n) is 4.39. The molecule has 2 aromatic rings. The number of carboxylic acid groups (broad SMARTS) is 1. The summed E-state index contributed by atoms with van der Waals surface area (Å²) in [5.74, 6) is -0.894. The van der Waals surface area contributed by atoms with Crippen LogP contribution in [0, 0.1) is 0 Å². The van der Waals surface area contributed by atoms with Crippen LogP contribution in [0.15, 0.2) is 17.8 Å². The summed E-state index contributed by atoms with van der Waals surface area (Å²) in [4.78, 5) is 25.9. The first-order chi connectivity index (χ1) is 10.1. The molecule has 0 saturated carbocycles. The van der Waals surface area contributed by atoms with Crippen molar-refractivity contribution in [2.24, 2.45) is 0 Å². The van der Waals surface area contributed by atoms with Crippen LogP contribution in [-0.4, -0.2) is 59.3 Å². The summed E-state index contributed by atoms with van der Waals surface area (Å²) in [6.07, 6.45) is 1.40. The number of aliphatic carboxylic acids is 1. The van der Waals surface area contributed by atoms with E-state index in [1.165, 1.54) is 39.0 Å². The van der Waals surface area contributed by atoms with Crippen molar-refractivity contribution in [2.75, 3.05) is 5.75 Å². The van der Waals surface area contributed by atoms with E-state index >= 15 is 0 Å². The molecule has 2 unspecified atom stereocenters. The molecule has 0 radical (unpaired) electrons. The number of aromatic nitrogens is 4. The number of thioether (sulfide) groups is 1. The minimum atomic E-state index is -0.985. The quantitative estimate of drug-likeness (QED) is 0.887. The molecule has 1 amide bonds. The van der Waals surface area contributed by atoms with Crippen LogP contribution >= 0.6 is 23.1 Å². The van der Waals surface area contributed by atoms with E-state index in [9.17, 15) is 14.7 Å². The molecule has 21 heavy (non-hydrogen) atoms. The van der Waals surface area contributed by atoms with Crippen molar-refractivity contribution in [3.05, 3.63) is 22.7 Å². The molecule has 1 saturated heterocycles. The molecule has 0 aliphatic carbocycles. The SMILES string of the molecule is CC1SCC(C(=O)O)N1C(=O)c1sccc1-n1cnnn1. The summed E-state index contributed by atoms with van der Waals surface area (Å²) in [6.45, 7) is 1.83. The first-order valence-corrected chi connectivity index (χ1v) is 8.00. The summed E-state index contributed by atoms with van der Waals surface area (Å²) in [5, 5.41) is 21.7. The third-order valence-electron chi connectivity index (χ3n) is 3.18. The van der Waals surface area contributed by atoms with E-state index in [1.54, 1.807) is 11.4 Å². The Kier molecular flexibility index (Phi) is 3.64. The molecule has 1 aliphatic heterocycles. The Labute approximate surface area is 127 Å². The first kappa shape index (κ1) is 14.0. The summed E-state index contributed by atoms with van der Waals surface area (Å²) in [6, 6.07) is 0.930. The number of tetrazole rings is 1. The summed E-state index contributed by atoms with van der Waals surface area (Å²) in [5.41, 5.74) is 0.559. The van der Waals surface area contributed by atoms with E-state index in [0.29, 0.717) is 16.3 Å². The molecule has 2 aromatic heterocycles. The number of carbonyl (C=O) groups is 2. The predicted octanol–water partition coefficient (Wildman–Crippen LogP) is 0.712. The molecule has 0 bridgehead atoms. The fourth-order valence-corrected chi connectivity index (χ4v) is 4.16. The molecule has 1 fully saturated rings. The largest absolute Gasteiger partial charge is 0.480 e. The van der Waals surface area contributed by atoms with Crippen LogP contribution in [0.5, 0.6) is 0 Å². The van der Waals surface area contributed by atoms with Gasteiger partial charge in [0.2, 0.25) is 0 Å². The second kappa shape index (κ2) is 5.45. The highest BCUT2D eigenvalue weighted by atomic mass is 32.2. The van der Waals surface area contributed by atoms with Crippen molar-refractivity contribution < 1.29 is 14.7 Å². The van der Waals surface area contributed by atoms with Crippen molar-refractivity contribution in [1.29, 1.82) is 0 Å². The van der Waals surface area contributed by atoms with Gasteiger partial charge in [0.15, 0.2) is 0 Å². The molecule has 3 rings (SSSR count). The Balaban J connectivity index is 1.96. The van der Waals surface area contributed by atoms with Gasteiger partial charge < -0.3 is 10.0 Å². The van der Waals surface area contributed by atoms with Crippen LogP contribution in [-0.2, 0) is 4.79 Å². The third kappa shape index (κ3) is 2.40. The van der Waals surface area contributed by atoms with Gasteiger partial charge >= 0.3 is 5.97 Å². The molecule has 1 N–H and O–H groups in total. The Morgan fingerprint density at radius 1 is 1.48 bits per heavy atom. The normalized spacial score (nSPS) is 21.7. The van der Waals surface area contributed by atoms with Crippen molar-refractivity contribution in [2.45, 2.75) is 18.3 Å². The lowest BCUT2D eigenvalue weighted by atomic mass is 10.2. The van der Waals surface area contributed by atoms with Crippen LogP contribution < -0.4 is 0 Å². The number of hydrogen-bond donors (Lipinski definition) is 1. The highest BCUT2D eigenvalue weighted by Gasteiger charge is 2.40. The summed E-state index contributed by atoms with van der Waals surface area (Å²) < 4.78 is 1.40. The van der Waals surface area contributed by atoms with E-state index in [4.69, 9.17) is 0 Å². The molecule has 1 aliphatic rings. The molecule has 10 heteroatoms. The Morgan fingerprint density at radius 2 is 2.29 bits per heavy atom. The van der Waals surface area contributed by atoms with Gasteiger partial charge in [-0.25, -0.2) is 4.79 Å². The van der Waals surface area contributed by atoms with Crippen molar-refractivity contribution in [3.8, 4) is 5.69 Å². The minimum absolute atomic E-state index is 0.178. The topological polar surface area (TPSA) is 101 Å². The maximum Gasteiger partial charge on any atom is 0.327 e. The lowest BCUT2D eigenvalue weighted by Crippen LogP contribution is -2.44. The molecule has 8 nitrogen and oxygen atoms in total. The maximum atomic E-state index is 12.7. The van der Waals surface area contributed by atoms with Crippen LogP contribution in [0.1, 0.15) is 16.6 Å². The zero-order chi connectivity index (χ0) is 15.0. The van der Waals surface area contributed by atoms with E-state index < -0.39 is 12.0 Å². The number of thiophene rings is 1. The Morgan fingerprint density at radius 3 is 2.95 bits per heavy atom. The zero-order valence-corrected chi connectivity index (χ0v) is 12.5. The van der Waals surface area contributed by atoms with Gasteiger partial charge in [-0.05, 0) is 28.8 Å². The smallest absolute Gasteiger partial charge is 0.327 e. The predicted molar refractivity (Wildman–Crippen MR) is 76.5 cm³/mol. The van der Waals surface area contributed by atoms with E-state index in [2.05, 4.69) is 15.5 Å². The van der Waals surface area contributed by atoms with Gasteiger partial charge in [0.25, 0.3) is 5.91 Å². The van der Waals surface area contributed by atoms with Gasteiger partial charge in [-0.3, -0.25) is 4.79 Å². The van der Waals surface area contributed by atoms with Crippen molar-refractivity contribution in [1.82, 2.24) is 25.1 Å². The molecule has 0 aromatic carbocycles. The number of nitrogens with zero attached hydrogens (tertiary/aromatic N) is 5. The average molecular weight is 325 g/mol. The number of carboxylic acids is 1. The van der Waals surface area contributed by atoms with E-state index in [-0.39, 0.29) is 11.3 Å². The molecule has 2 atom stereocenters. The Hall–Kier alpha value is -1.94. The minimum Gasteiger partial charge on any atom is -0.480 e. The summed E-state index contributed by atoms with van der Waals surface area (Å²) in [7, 11) is 0. The fourth-order valence-electron chi connectivity index (χ4n) is 2.17. The van der Waals surface area contributed by atoms with Crippen LogP contribution in [0.25, 0.3) is 5.69 Å². The van der Waals surface area contributed by atoms with Crippen LogP contribution in [0.2, 0.25) is 0 Å². The van der Waals surface area contributed by atoms with E-state index in [1.807, 2.05) is 6.92 Å². The number of carbonyl (C=O) groups excluding carboxylic acids is 1. The van der Waals surface area contributed by atoms with Crippen LogP contribution in [0.3, 0.4) is 0 Å². The Bertz CT molecular complexity index is 671. The highest BCUT2D eigenvalue weighted by Crippen LogP contribution is 2.32. The number of hydrogen-bond acceptors (Lipinski definition) is 7. The molecular formula is C11H11N5O3S2. The van der Waals surface area contributed by atoms with Crippen molar-refractivity contribution in [3.63, 3.8) is 0 Å². The third-order valence-corrected chi connectivity index (χ3v) is 5.29.